The number of aromatic nitrogens is 4. The molecule has 2 aromatic heterocycles. The van der Waals surface area contributed by atoms with Crippen LogP contribution in [0.3, 0.4) is 0 Å². The average molecular weight is 305 g/mol. The number of fused-ring (bicyclic) bond motifs is 1. The first-order valence-electron chi connectivity index (χ1n) is 8.04. The quantitative estimate of drug-likeness (QED) is 0.772. The van der Waals surface area contributed by atoms with Crippen LogP contribution in [0, 0.1) is 6.92 Å². The minimum Gasteiger partial charge on any atom is -0.325 e. The summed E-state index contributed by atoms with van der Waals surface area (Å²) in [6, 6.07) is 12.1. The van der Waals surface area contributed by atoms with Gasteiger partial charge < -0.3 is 5.32 Å². The van der Waals surface area contributed by atoms with Crippen LogP contribution in [0.1, 0.15) is 29.8 Å². The molecule has 0 saturated heterocycles. The summed E-state index contributed by atoms with van der Waals surface area (Å²) in [7, 11) is 0. The van der Waals surface area contributed by atoms with Crippen LogP contribution in [-0.4, -0.2) is 20.2 Å². The maximum atomic E-state index is 4.81. The van der Waals surface area contributed by atoms with Gasteiger partial charge in [0.25, 0.3) is 0 Å². The summed E-state index contributed by atoms with van der Waals surface area (Å²) in [5, 5.41) is 10.6. The van der Waals surface area contributed by atoms with E-state index in [-0.39, 0.29) is 0 Å². The predicted octanol–water partition coefficient (Wildman–Crippen LogP) is 3.80. The molecule has 2 heterocycles. The molecule has 5 heteroatoms. The normalized spacial score (nSPS) is 13.6. The molecule has 0 radical (unpaired) electrons. The summed E-state index contributed by atoms with van der Waals surface area (Å²) in [5.41, 5.74) is 4.41. The number of benzene rings is 1. The van der Waals surface area contributed by atoms with Gasteiger partial charge in [-0.1, -0.05) is 30.3 Å². The van der Waals surface area contributed by atoms with E-state index in [2.05, 4.69) is 27.6 Å². The SMILES string of the molecule is Cc1cc(Nc2nc(-c3ccccc3)nc3c2CCCC3)[nH]n1. The summed E-state index contributed by atoms with van der Waals surface area (Å²) in [6.45, 7) is 1.96. The minimum atomic E-state index is 0.782. The molecule has 4 rings (SSSR count). The van der Waals surface area contributed by atoms with Crippen molar-refractivity contribution in [2.75, 3.05) is 5.32 Å². The first-order valence-corrected chi connectivity index (χ1v) is 8.04. The molecule has 5 nitrogen and oxygen atoms in total. The van der Waals surface area contributed by atoms with E-state index in [1.54, 1.807) is 0 Å². The molecule has 0 atom stereocenters. The fraction of sp³-hybridized carbons (Fsp3) is 0.278. The van der Waals surface area contributed by atoms with Gasteiger partial charge in [-0.25, -0.2) is 9.97 Å². The standard InChI is InChI=1S/C18H19N5/c1-12-11-16(23-22-12)20-18-14-9-5-6-10-15(14)19-17(21-18)13-7-3-2-4-8-13/h2-4,7-8,11H,5-6,9-10H2,1H3,(H2,19,20,21,22,23). The van der Waals surface area contributed by atoms with Crippen molar-refractivity contribution >= 4 is 11.6 Å². The molecular formula is C18H19N5. The average Bonchev–Trinajstić information content (AvgIpc) is 3.00. The van der Waals surface area contributed by atoms with E-state index in [1.165, 1.54) is 24.1 Å². The molecule has 0 fully saturated rings. The van der Waals surface area contributed by atoms with Crippen molar-refractivity contribution in [1.29, 1.82) is 0 Å². The van der Waals surface area contributed by atoms with Gasteiger partial charge in [-0.15, -0.1) is 0 Å². The zero-order chi connectivity index (χ0) is 15.6. The second kappa shape index (κ2) is 5.83. The molecule has 1 aliphatic carbocycles. The maximum Gasteiger partial charge on any atom is 0.161 e. The Hall–Kier alpha value is -2.69. The Bertz CT molecular complexity index is 823. The Labute approximate surface area is 135 Å². The zero-order valence-corrected chi connectivity index (χ0v) is 13.1. The number of nitrogens with zero attached hydrogens (tertiary/aromatic N) is 3. The lowest BCUT2D eigenvalue weighted by Crippen LogP contribution is -2.12. The Morgan fingerprint density at radius 1 is 1.04 bits per heavy atom. The number of rotatable bonds is 3. The summed E-state index contributed by atoms with van der Waals surface area (Å²) >= 11 is 0. The third kappa shape index (κ3) is 2.82. The van der Waals surface area contributed by atoms with E-state index in [1.807, 2.05) is 31.2 Å². The second-order valence-corrected chi connectivity index (χ2v) is 5.94. The molecule has 0 amide bonds. The molecule has 0 bridgehead atoms. The van der Waals surface area contributed by atoms with Gasteiger partial charge in [-0.05, 0) is 32.6 Å². The molecule has 0 unspecified atom stereocenters. The number of H-pyrrole nitrogens is 1. The molecule has 0 saturated carbocycles. The van der Waals surface area contributed by atoms with Gasteiger partial charge in [-0.2, -0.15) is 5.10 Å². The molecule has 3 aromatic rings. The number of anilines is 2. The third-order valence-electron chi connectivity index (χ3n) is 4.17. The van der Waals surface area contributed by atoms with Crippen LogP contribution in [0.4, 0.5) is 11.6 Å². The molecule has 0 aliphatic heterocycles. The van der Waals surface area contributed by atoms with Crippen LogP contribution in [0.25, 0.3) is 11.4 Å². The van der Waals surface area contributed by atoms with E-state index in [9.17, 15) is 0 Å². The summed E-state index contributed by atoms with van der Waals surface area (Å²) < 4.78 is 0. The maximum absolute atomic E-state index is 4.81. The topological polar surface area (TPSA) is 66.5 Å². The lowest BCUT2D eigenvalue weighted by Gasteiger charge is -2.19. The molecule has 1 aliphatic rings. The molecule has 116 valence electrons. The van der Waals surface area contributed by atoms with Gasteiger partial charge in [0.15, 0.2) is 5.82 Å². The van der Waals surface area contributed by atoms with Gasteiger partial charge in [0.2, 0.25) is 0 Å². The van der Waals surface area contributed by atoms with Crippen molar-refractivity contribution in [3.05, 3.63) is 53.3 Å². The highest BCUT2D eigenvalue weighted by molar-refractivity contribution is 5.63. The zero-order valence-electron chi connectivity index (χ0n) is 13.1. The van der Waals surface area contributed by atoms with Gasteiger partial charge in [0.05, 0.1) is 5.69 Å². The third-order valence-corrected chi connectivity index (χ3v) is 4.17. The van der Waals surface area contributed by atoms with Crippen LogP contribution in [-0.2, 0) is 12.8 Å². The van der Waals surface area contributed by atoms with Gasteiger partial charge in [0, 0.05) is 22.9 Å². The fourth-order valence-corrected chi connectivity index (χ4v) is 3.03. The van der Waals surface area contributed by atoms with Crippen LogP contribution in [0.5, 0.6) is 0 Å². The van der Waals surface area contributed by atoms with E-state index in [0.717, 1.165) is 41.6 Å². The van der Waals surface area contributed by atoms with Crippen LogP contribution in [0.2, 0.25) is 0 Å². The first-order chi connectivity index (χ1) is 11.3. The Morgan fingerprint density at radius 2 is 1.87 bits per heavy atom. The minimum absolute atomic E-state index is 0.782. The fourth-order valence-electron chi connectivity index (χ4n) is 3.03. The molecule has 0 spiro atoms. The Morgan fingerprint density at radius 3 is 2.65 bits per heavy atom. The largest absolute Gasteiger partial charge is 0.325 e. The van der Waals surface area contributed by atoms with Crippen molar-refractivity contribution in [2.45, 2.75) is 32.6 Å². The monoisotopic (exact) mass is 305 g/mol. The van der Waals surface area contributed by atoms with Crippen LogP contribution >= 0.6 is 0 Å². The van der Waals surface area contributed by atoms with Crippen LogP contribution < -0.4 is 5.32 Å². The van der Waals surface area contributed by atoms with E-state index in [0.29, 0.717) is 0 Å². The Balaban J connectivity index is 1.79. The molecule has 1 aromatic carbocycles. The van der Waals surface area contributed by atoms with Gasteiger partial charge >= 0.3 is 0 Å². The van der Waals surface area contributed by atoms with Crippen molar-refractivity contribution in [3.63, 3.8) is 0 Å². The van der Waals surface area contributed by atoms with E-state index >= 15 is 0 Å². The first kappa shape index (κ1) is 13.9. The summed E-state index contributed by atoms with van der Waals surface area (Å²) in [5.74, 6) is 2.55. The summed E-state index contributed by atoms with van der Waals surface area (Å²) in [4.78, 5) is 9.60. The number of hydrogen-bond donors (Lipinski definition) is 2. The van der Waals surface area contributed by atoms with Gasteiger partial charge in [0.1, 0.15) is 11.6 Å². The number of hydrogen-bond acceptors (Lipinski definition) is 4. The van der Waals surface area contributed by atoms with Crippen LogP contribution in [0.15, 0.2) is 36.4 Å². The smallest absolute Gasteiger partial charge is 0.161 e. The molecule has 2 N–H and O–H groups in total. The molecular weight excluding hydrogens is 286 g/mol. The van der Waals surface area contributed by atoms with Crippen molar-refractivity contribution in [1.82, 2.24) is 20.2 Å². The van der Waals surface area contributed by atoms with E-state index < -0.39 is 0 Å². The predicted molar refractivity (Wildman–Crippen MR) is 90.7 cm³/mol. The number of aromatic amines is 1. The highest BCUT2D eigenvalue weighted by Gasteiger charge is 2.19. The Kier molecular flexibility index (Phi) is 3.54. The van der Waals surface area contributed by atoms with Crippen molar-refractivity contribution in [2.24, 2.45) is 0 Å². The number of nitrogens with one attached hydrogen (secondary N) is 2. The lowest BCUT2D eigenvalue weighted by atomic mass is 9.96. The summed E-state index contributed by atoms with van der Waals surface area (Å²) in [6.07, 6.45) is 4.44. The van der Waals surface area contributed by atoms with Crippen molar-refractivity contribution < 1.29 is 0 Å². The van der Waals surface area contributed by atoms with Gasteiger partial charge in [-0.3, -0.25) is 5.10 Å². The lowest BCUT2D eigenvalue weighted by molar-refractivity contribution is 0.665. The second-order valence-electron chi connectivity index (χ2n) is 5.94. The highest BCUT2D eigenvalue weighted by Crippen LogP contribution is 2.29. The molecule has 23 heavy (non-hydrogen) atoms. The highest BCUT2D eigenvalue weighted by atomic mass is 15.2. The number of aryl methyl sites for hydroxylation is 2. The van der Waals surface area contributed by atoms with E-state index in [4.69, 9.17) is 9.97 Å². The van der Waals surface area contributed by atoms with Crippen molar-refractivity contribution in [3.8, 4) is 11.4 Å².